The smallest absolute Gasteiger partial charge is 0.326 e. The maximum atomic E-state index is 13.0. The number of carbonyl (C=O) groups is 4. The number of aliphatic carboxylic acids is 2. The molecule has 0 aliphatic rings. The summed E-state index contributed by atoms with van der Waals surface area (Å²) in [5, 5.41) is 24.2. The van der Waals surface area contributed by atoms with E-state index in [-0.39, 0.29) is 25.7 Å². The first-order chi connectivity index (χ1) is 15.7. The van der Waals surface area contributed by atoms with Crippen LogP contribution in [0.2, 0.25) is 0 Å². The minimum atomic E-state index is -1.18. The maximum Gasteiger partial charge on any atom is 0.326 e. The lowest BCUT2D eigenvalue weighted by Crippen LogP contribution is -2.55. The molecule has 3 atom stereocenters. The van der Waals surface area contributed by atoms with Gasteiger partial charge >= 0.3 is 11.9 Å². The highest BCUT2D eigenvalue weighted by Gasteiger charge is 2.28. The van der Waals surface area contributed by atoms with E-state index in [1.54, 1.807) is 6.20 Å². The van der Waals surface area contributed by atoms with Crippen LogP contribution in [-0.4, -0.2) is 63.6 Å². The lowest BCUT2D eigenvalue weighted by atomic mass is 10.0. The Bertz CT molecular complexity index is 975. The number of hydrogen-bond acceptors (Lipinski definition) is 6. The average Bonchev–Trinajstić information content (AvgIpc) is 3.18. The average molecular weight is 462 g/mol. The van der Waals surface area contributed by atoms with Gasteiger partial charge < -0.3 is 37.3 Å². The topological polar surface area (TPSA) is 201 Å². The molecule has 1 aromatic heterocycles. The molecule has 0 saturated carbocycles. The van der Waals surface area contributed by atoms with E-state index in [0.717, 1.165) is 16.5 Å². The molecular formula is C22H31N5O6. The van der Waals surface area contributed by atoms with Crippen molar-refractivity contribution in [1.29, 1.82) is 0 Å². The van der Waals surface area contributed by atoms with Gasteiger partial charge in [0.1, 0.15) is 12.1 Å². The number of hydrogen-bond donors (Lipinski definition) is 7. The fraction of sp³-hybridized carbons (Fsp3) is 0.455. The van der Waals surface area contributed by atoms with Crippen molar-refractivity contribution in [3.63, 3.8) is 0 Å². The Morgan fingerprint density at radius 1 is 0.970 bits per heavy atom. The van der Waals surface area contributed by atoms with Crippen molar-refractivity contribution in [3.8, 4) is 0 Å². The summed E-state index contributed by atoms with van der Waals surface area (Å²) in [5.74, 6) is -3.63. The fourth-order valence-corrected chi connectivity index (χ4v) is 3.44. The number of aromatic amines is 1. The Balaban J connectivity index is 2.19. The monoisotopic (exact) mass is 461 g/mol. The number of amides is 2. The van der Waals surface area contributed by atoms with Crippen LogP contribution in [0.1, 0.15) is 37.7 Å². The van der Waals surface area contributed by atoms with Gasteiger partial charge in [-0.25, -0.2) is 4.79 Å². The second kappa shape index (κ2) is 12.6. The second-order valence-electron chi connectivity index (χ2n) is 7.85. The third-order valence-electron chi connectivity index (χ3n) is 5.30. The van der Waals surface area contributed by atoms with E-state index in [1.165, 1.54) is 0 Å². The van der Waals surface area contributed by atoms with Crippen LogP contribution >= 0.6 is 0 Å². The maximum absolute atomic E-state index is 13.0. The van der Waals surface area contributed by atoms with Crippen molar-refractivity contribution in [2.45, 2.75) is 56.7 Å². The lowest BCUT2D eigenvalue weighted by Gasteiger charge is -2.23. The first kappa shape index (κ1) is 25.8. The number of aromatic nitrogens is 1. The summed E-state index contributed by atoms with van der Waals surface area (Å²) < 4.78 is 0. The van der Waals surface area contributed by atoms with Crippen LogP contribution in [0.5, 0.6) is 0 Å². The van der Waals surface area contributed by atoms with Gasteiger partial charge in [0.25, 0.3) is 0 Å². The van der Waals surface area contributed by atoms with Gasteiger partial charge in [0, 0.05) is 29.9 Å². The Kier molecular flexibility index (Phi) is 9.83. The van der Waals surface area contributed by atoms with Crippen LogP contribution in [0.3, 0.4) is 0 Å². The van der Waals surface area contributed by atoms with Gasteiger partial charge in [-0.2, -0.15) is 0 Å². The zero-order valence-corrected chi connectivity index (χ0v) is 18.3. The second-order valence-corrected chi connectivity index (χ2v) is 7.85. The molecule has 1 heterocycles. The van der Waals surface area contributed by atoms with Crippen molar-refractivity contribution in [2.75, 3.05) is 6.54 Å². The molecule has 0 aliphatic heterocycles. The summed E-state index contributed by atoms with van der Waals surface area (Å²) in [7, 11) is 0. The molecule has 1 aromatic carbocycles. The molecular weight excluding hydrogens is 430 g/mol. The Hall–Kier alpha value is -3.44. The van der Waals surface area contributed by atoms with Crippen molar-refractivity contribution in [2.24, 2.45) is 11.5 Å². The summed E-state index contributed by atoms with van der Waals surface area (Å²) in [4.78, 5) is 51.0. The minimum absolute atomic E-state index is 0.0857. The molecule has 11 heteroatoms. The van der Waals surface area contributed by atoms with E-state index in [9.17, 15) is 24.3 Å². The minimum Gasteiger partial charge on any atom is -0.481 e. The Morgan fingerprint density at radius 3 is 2.33 bits per heavy atom. The SMILES string of the molecule is NCCCC[C@H](NC(=O)[C@H](Cc1c[nH]c2ccccc12)NC(=O)[C@@H](N)CCC(=O)O)C(=O)O. The molecule has 11 nitrogen and oxygen atoms in total. The number of carboxylic acids is 2. The van der Waals surface area contributed by atoms with Crippen molar-refractivity contribution in [3.05, 3.63) is 36.0 Å². The molecule has 0 spiro atoms. The fourth-order valence-electron chi connectivity index (χ4n) is 3.44. The summed E-state index contributed by atoms with van der Waals surface area (Å²) in [6.07, 6.45) is 2.75. The molecule has 0 fully saturated rings. The zero-order valence-electron chi connectivity index (χ0n) is 18.3. The van der Waals surface area contributed by atoms with Gasteiger partial charge in [0.15, 0.2) is 0 Å². The number of rotatable bonds is 14. The van der Waals surface area contributed by atoms with Crippen LogP contribution in [0.15, 0.2) is 30.5 Å². The van der Waals surface area contributed by atoms with Gasteiger partial charge in [-0.1, -0.05) is 18.2 Å². The molecule has 0 saturated heterocycles. The van der Waals surface area contributed by atoms with Crippen molar-refractivity contribution >= 4 is 34.7 Å². The van der Waals surface area contributed by atoms with Crippen LogP contribution in [-0.2, 0) is 25.6 Å². The quantitative estimate of drug-likeness (QED) is 0.192. The Morgan fingerprint density at radius 2 is 1.67 bits per heavy atom. The molecule has 9 N–H and O–H groups in total. The molecule has 0 radical (unpaired) electrons. The van der Waals surface area contributed by atoms with E-state index in [0.29, 0.717) is 19.4 Å². The van der Waals surface area contributed by atoms with E-state index >= 15 is 0 Å². The van der Waals surface area contributed by atoms with Crippen LogP contribution in [0.25, 0.3) is 10.9 Å². The van der Waals surface area contributed by atoms with Gasteiger partial charge in [-0.15, -0.1) is 0 Å². The number of nitrogens with two attached hydrogens (primary N) is 2. The highest BCUT2D eigenvalue weighted by atomic mass is 16.4. The largest absolute Gasteiger partial charge is 0.481 e. The standard InChI is InChI=1S/C22H31N5O6/c23-10-4-3-7-17(22(32)33)26-21(31)18(27-20(30)15(24)8-9-19(28)29)11-13-12-25-16-6-2-1-5-14(13)16/h1-2,5-6,12,15,17-18,25H,3-4,7-11,23-24H2,(H,26,31)(H,27,30)(H,28,29)(H,32,33)/t15-,17-,18-/m0/s1. The third kappa shape index (κ3) is 7.88. The summed E-state index contributed by atoms with van der Waals surface area (Å²) in [6.45, 7) is 0.410. The number of fused-ring (bicyclic) bond motifs is 1. The number of carbonyl (C=O) groups excluding carboxylic acids is 2. The number of benzene rings is 1. The summed E-state index contributed by atoms with van der Waals surface area (Å²) in [6, 6.07) is 4.06. The molecule has 0 unspecified atom stereocenters. The predicted octanol–water partition coefficient (Wildman–Crippen LogP) is 0.0857. The lowest BCUT2D eigenvalue weighted by molar-refractivity contribution is -0.142. The van der Waals surface area contributed by atoms with Crippen LogP contribution < -0.4 is 22.1 Å². The summed E-state index contributed by atoms with van der Waals surface area (Å²) in [5.41, 5.74) is 12.8. The first-order valence-corrected chi connectivity index (χ1v) is 10.8. The van der Waals surface area contributed by atoms with Crippen molar-refractivity contribution in [1.82, 2.24) is 15.6 Å². The third-order valence-corrected chi connectivity index (χ3v) is 5.30. The Labute approximate surface area is 190 Å². The van der Waals surface area contributed by atoms with Crippen molar-refractivity contribution < 1.29 is 29.4 Å². The zero-order chi connectivity index (χ0) is 24.4. The molecule has 0 bridgehead atoms. The van der Waals surface area contributed by atoms with Gasteiger partial charge in [0.2, 0.25) is 11.8 Å². The summed E-state index contributed by atoms with van der Waals surface area (Å²) >= 11 is 0. The van der Waals surface area contributed by atoms with E-state index in [1.807, 2.05) is 24.3 Å². The number of H-pyrrole nitrogens is 1. The number of carboxylic acid groups (broad SMARTS) is 2. The van der Waals surface area contributed by atoms with Gasteiger partial charge in [-0.3, -0.25) is 14.4 Å². The van der Waals surface area contributed by atoms with E-state index in [4.69, 9.17) is 16.6 Å². The number of unbranched alkanes of at least 4 members (excludes halogenated alkanes) is 1. The van der Waals surface area contributed by atoms with Gasteiger partial charge in [-0.05, 0) is 43.9 Å². The molecule has 180 valence electrons. The molecule has 0 aliphatic carbocycles. The van der Waals surface area contributed by atoms with Crippen LogP contribution in [0, 0.1) is 0 Å². The van der Waals surface area contributed by atoms with E-state index in [2.05, 4.69) is 15.6 Å². The molecule has 2 aromatic rings. The highest BCUT2D eigenvalue weighted by Crippen LogP contribution is 2.19. The highest BCUT2D eigenvalue weighted by molar-refractivity contribution is 5.93. The normalized spacial score (nSPS) is 13.8. The predicted molar refractivity (Wildman–Crippen MR) is 121 cm³/mol. The molecule has 33 heavy (non-hydrogen) atoms. The number of para-hydroxylation sites is 1. The van der Waals surface area contributed by atoms with Gasteiger partial charge in [0.05, 0.1) is 6.04 Å². The number of nitrogens with one attached hydrogen (secondary N) is 3. The molecule has 2 rings (SSSR count). The first-order valence-electron chi connectivity index (χ1n) is 10.8. The molecule has 2 amide bonds. The van der Waals surface area contributed by atoms with E-state index < -0.39 is 41.9 Å². The van der Waals surface area contributed by atoms with Crippen LogP contribution in [0.4, 0.5) is 0 Å².